The minimum atomic E-state index is 0.728. The maximum atomic E-state index is 6.03. The summed E-state index contributed by atoms with van der Waals surface area (Å²) >= 11 is 11.2. The number of halogens is 2. The van der Waals surface area contributed by atoms with Gasteiger partial charge in [-0.15, -0.1) is 11.3 Å². The van der Waals surface area contributed by atoms with E-state index in [9.17, 15) is 0 Å². The molecule has 0 unspecified atom stereocenters. The first kappa shape index (κ1) is 16.5. The lowest BCUT2D eigenvalue weighted by atomic mass is 10.0. The van der Waals surface area contributed by atoms with Gasteiger partial charge < -0.3 is 0 Å². The topological polar surface area (TPSA) is 12.9 Å². The third kappa shape index (κ3) is 3.69. The van der Waals surface area contributed by atoms with Crippen LogP contribution >= 0.6 is 38.9 Å². The predicted molar refractivity (Wildman–Crippen MR) is 111 cm³/mol. The highest BCUT2D eigenvalue weighted by molar-refractivity contribution is 9.10. The Bertz CT molecular complexity index is 930. The van der Waals surface area contributed by atoms with E-state index in [0.717, 1.165) is 36.9 Å². The first-order valence-electron chi connectivity index (χ1n) is 7.77. The van der Waals surface area contributed by atoms with Crippen molar-refractivity contribution < 1.29 is 0 Å². The second-order valence-corrected chi connectivity index (χ2v) is 7.92. The van der Waals surface area contributed by atoms with E-state index in [2.05, 4.69) is 69.8 Å². The quantitative estimate of drug-likeness (QED) is 0.329. The van der Waals surface area contributed by atoms with Gasteiger partial charge in [-0.2, -0.15) is 0 Å². The number of nitrogens with zero attached hydrogens (tertiary/aromatic N) is 1. The van der Waals surface area contributed by atoms with Gasteiger partial charge in [0.05, 0.1) is 16.3 Å². The SMILES string of the molecule is Clc1ccc(-c2cc(-c3ccc(Br)cc3)cc(-c3cccs3)n2)cc1. The van der Waals surface area contributed by atoms with Crippen LogP contribution in [0.3, 0.4) is 0 Å². The van der Waals surface area contributed by atoms with Gasteiger partial charge >= 0.3 is 0 Å². The van der Waals surface area contributed by atoms with E-state index in [1.807, 2.05) is 24.3 Å². The smallest absolute Gasteiger partial charge is 0.0815 e. The van der Waals surface area contributed by atoms with Gasteiger partial charge in [0, 0.05) is 15.1 Å². The molecule has 0 amide bonds. The molecule has 0 spiro atoms. The molecule has 0 bridgehead atoms. The second-order valence-electron chi connectivity index (χ2n) is 5.62. The van der Waals surface area contributed by atoms with Crippen molar-refractivity contribution >= 4 is 38.9 Å². The maximum absolute atomic E-state index is 6.03. The molecule has 4 aromatic rings. The minimum absolute atomic E-state index is 0.728. The number of hydrogen-bond acceptors (Lipinski definition) is 2. The van der Waals surface area contributed by atoms with Gasteiger partial charge in [-0.25, -0.2) is 4.98 Å². The molecular weight excluding hydrogens is 414 g/mol. The first-order chi connectivity index (χ1) is 12.2. The number of thiophene rings is 1. The number of rotatable bonds is 3. The van der Waals surface area contributed by atoms with E-state index in [0.29, 0.717) is 0 Å². The first-order valence-corrected chi connectivity index (χ1v) is 9.82. The molecule has 1 nitrogen and oxygen atoms in total. The zero-order valence-corrected chi connectivity index (χ0v) is 16.3. The van der Waals surface area contributed by atoms with E-state index < -0.39 is 0 Å². The normalized spacial score (nSPS) is 10.8. The zero-order valence-electron chi connectivity index (χ0n) is 13.1. The van der Waals surface area contributed by atoms with Crippen molar-refractivity contribution in [1.29, 1.82) is 0 Å². The molecule has 2 aromatic carbocycles. The molecule has 4 heteroatoms. The number of benzene rings is 2. The van der Waals surface area contributed by atoms with Crippen LogP contribution in [0, 0.1) is 0 Å². The molecule has 0 fully saturated rings. The van der Waals surface area contributed by atoms with Crippen LogP contribution in [0.2, 0.25) is 5.02 Å². The summed E-state index contributed by atoms with van der Waals surface area (Å²) in [4.78, 5) is 6.04. The highest BCUT2D eigenvalue weighted by atomic mass is 79.9. The molecule has 0 aliphatic rings. The molecule has 0 radical (unpaired) electrons. The molecule has 2 heterocycles. The fourth-order valence-corrected chi connectivity index (χ4v) is 3.74. The van der Waals surface area contributed by atoms with Crippen molar-refractivity contribution in [3.8, 4) is 33.0 Å². The highest BCUT2D eigenvalue weighted by Gasteiger charge is 2.09. The molecule has 4 rings (SSSR count). The lowest BCUT2D eigenvalue weighted by Crippen LogP contribution is -1.90. The Balaban J connectivity index is 1.88. The molecule has 25 heavy (non-hydrogen) atoms. The summed E-state index contributed by atoms with van der Waals surface area (Å²) in [5.41, 5.74) is 5.30. The van der Waals surface area contributed by atoms with Crippen LogP contribution in [-0.2, 0) is 0 Å². The number of aromatic nitrogens is 1. The zero-order chi connectivity index (χ0) is 17.2. The van der Waals surface area contributed by atoms with Crippen LogP contribution in [0.5, 0.6) is 0 Å². The Kier molecular flexibility index (Phi) is 4.71. The lowest BCUT2D eigenvalue weighted by molar-refractivity contribution is 1.33. The van der Waals surface area contributed by atoms with E-state index >= 15 is 0 Å². The Morgan fingerprint density at radius 3 is 2.12 bits per heavy atom. The molecule has 122 valence electrons. The summed E-state index contributed by atoms with van der Waals surface area (Å²) in [7, 11) is 0. The van der Waals surface area contributed by atoms with Crippen molar-refractivity contribution in [2.24, 2.45) is 0 Å². The van der Waals surface area contributed by atoms with Crippen LogP contribution in [-0.4, -0.2) is 4.98 Å². The molecular formula is C21H13BrClNS. The molecule has 0 saturated heterocycles. The number of hydrogen-bond donors (Lipinski definition) is 0. The van der Waals surface area contributed by atoms with E-state index in [1.54, 1.807) is 11.3 Å². The van der Waals surface area contributed by atoms with E-state index in [-0.39, 0.29) is 0 Å². The predicted octanol–water partition coefficient (Wildman–Crippen LogP) is 7.56. The molecule has 0 aliphatic carbocycles. The van der Waals surface area contributed by atoms with Gasteiger partial charge in [-0.05, 0) is 59.0 Å². The van der Waals surface area contributed by atoms with Crippen LogP contribution in [0.25, 0.3) is 33.0 Å². The summed E-state index contributed by atoms with van der Waals surface area (Å²) in [5.74, 6) is 0. The summed E-state index contributed by atoms with van der Waals surface area (Å²) in [6.07, 6.45) is 0. The largest absolute Gasteiger partial charge is 0.247 e. The van der Waals surface area contributed by atoms with Crippen molar-refractivity contribution in [2.75, 3.05) is 0 Å². The molecule has 0 aliphatic heterocycles. The Labute approximate surface area is 164 Å². The summed E-state index contributed by atoms with van der Waals surface area (Å²) < 4.78 is 1.07. The Morgan fingerprint density at radius 1 is 0.760 bits per heavy atom. The van der Waals surface area contributed by atoms with Crippen LogP contribution in [0.4, 0.5) is 0 Å². The third-order valence-electron chi connectivity index (χ3n) is 3.92. The van der Waals surface area contributed by atoms with E-state index in [4.69, 9.17) is 16.6 Å². The van der Waals surface area contributed by atoms with Gasteiger partial charge in [0.1, 0.15) is 0 Å². The van der Waals surface area contributed by atoms with Crippen molar-refractivity contribution in [1.82, 2.24) is 4.98 Å². The average molecular weight is 427 g/mol. The van der Waals surface area contributed by atoms with Crippen LogP contribution < -0.4 is 0 Å². The maximum Gasteiger partial charge on any atom is 0.0815 e. The van der Waals surface area contributed by atoms with Crippen molar-refractivity contribution in [2.45, 2.75) is 0 Å². The summed E-state index contributed by atoms with van der Waals surface area (Å²) in [6, 6.07) is 24.6. The molecule has 0 saturated carbocycles. The monoisotopic (exact) mass is 425 g/mol. The van der Waals surface area contributed by atoms with Gasteiger partial charge in [0.2, 0.25) is 0 Å². The number of pyridine rings is 1. The lowest BCUT2D eigenvalue weighted by Gasteiger charge is -2.09. The molecule has 0 N–H and O–H groups in total. The van der Waals surface area contributed by atoms with E-state index in [1.165, 1.54) is 5.56 Å². The summed E-state index contributed by atoms with van der Waals surface area (Å²) in [6.45, 7) is 0. The second kappa shape index (κ2) is 7.12. The van der Waals surface area contributed by atoms with Crippen molar-refractivity contribution in [3.05, 3.63) is 87.7 Å². The fraction of sp³-hybridized carbons (Fsp3) is 0. The average Bonchev–Trinajstić information content (AvgIpc) is 3.17. The van der Waals surface area contributed by atoms with Gasteiger partial charge in [0.15, 0.2) is 0 Å². The Morgan fingerprint density at radius 2 is 1.44 bits per heavy atom. The molecule has 2 aromatic heterocycles. The standard InChI is InChI=1S/C21H13BrClNS/c22-17-7-3-14(4-8-17)16-12-19(15-5-9-18(23)10-6-15)24-20(13-16)21-2-1-11-25-21/h1-13H. The third-order valence-corrected chi connectivity index (χ3v) is 5.59. The fourth-order valence-electron chi connectivity index (χ4n) is 2.66. The summed E-state index contributed by atoms with van der Waals surface area (Å²) in [5, 5.41) is 2.80. The van der Waals surface area contributed by atoms with Gasteiger partial charge in [0.25, 0.3) is 0 Å². The van der Waals surface area contributed by atoms with Crippen LogP contribution in [0.15, 0.2) is 82.6 Å². The van der Waals surface area contributed by atoms with Crippen LogP contribution in [0.1, 0.15) is 0 Å². The van der Waals surface area contributed by atoms with Gasteiger partial charge in [-0.1, -0.05) is 57.9 Å². The van der Waals surface area contributed by atoms with Crippen molar-refractivity contribution in [3.63, 3.8) is 0 Å². The van der Waals surface area contributed by atoms with Gasteiger partial charge in [-0.3, -0.25) is 0 Å². The highest BCUT2D eigenvalue weighted by Crippen LogP contribution is 2.32. The molecule has 0 atom stereocenters. The Hall–Kier alpha value is -1.94. The minimum Gasteiger partial charge on any atom is -0.247 e.